The van der Waals surface area contributed by atoms with Crippen LogP contribution in [-0.4, -0.2) is 19.4 Å². The van der Waals surface area contributed by atoms with Gasteiger partial charge in [-0.3, -0.25) is 0 Å². The zero-order chi connectivity index (χ0) is 7.11. The van der Waals surface area contributed by atoms with E-state index in [1.807, 2.05) is 0 Å². The third-order valence-corrected chi connectivity index (χ3v) is 0.962. The predicted octanol–water partition coefficient (Wildman–Crippen LogP) is 0.539. The van der Waals surface area contributed by atoms with Gasteiger partial charge in [-0.2, -0.15) is 5.10 Å². The maximum Gasteiger partial charge on any atom is 0.121 e. The van der Waals surface area contributed by atoms with Crippen molar-refractivity contribution >= 4 is 5.84 Å². The molecule has 0 aliphatic heterocycles. The fraction of sp³-hybridized carbons (Fsp3) is 0.833. The Hall–Kier alpha value is -0.730. The Balaban J connectivity index is 3.53. The minimum atomic E-state index is 0.939. The number of hydrazone groups is 1. The van der Waals surface area contributed by atoms with Crippen LogP contribution in [0.4, 0.5) is 0 Å². The molecule has 0 saturated heterocycles. The molecule has 9 heavy (non-hydrogen) atoms. The molecule has 0 radical (unpaired) electrons. The monoisotopic (exact) mass is 129 g/mol. The van der Waals surface area contributed by atoms with E-state index in [4.69, 9.17) is 0 Å². The van der Waals surface area contributed by atoms with Crippen LogP contribution in [-0.2, 0) is 0 Å². The summed E-state index contributed by atoms with van der Waals surface area (Å²) in [6.45, 7) is 5.06. The summed E-state index contributed by atoms with van der Waals surface area (Å²) in [6, 6.07) is 0. The number of nitrogens with one attached hydrogen (secondary N) is 2. The van der Waals surface area contributed by atoms with Gasteiger partial charge in [-0.05, 0) is 6.92 Å². The van der Waals surface area contributed by atoms with Gasteiger partial charge in [0.1, 0.15) is 5.84 Å². The van der Waals surface area contributed by atoms with Gasteiger partial charge >= 0.3 is 0 Å². The van der Waals surface area contributed by atoms with Crippen molar-refractivity contribution in [2.24, 2.45) is 5.10 Å². The molecule has 0 aromatic carbocycles. The first-order chi connectivity index (χ1) is 4.35. The number of hydrogen-bond donors (Lipinski definition) is 2. The average molecular weight is 129 g/mol. The summed E-state index contributed by atoms with van der Waals surface area (Å²) in [5.41, 5.74) is 2.73. The predicted molar refractivity (Wildman–Crippen MR) is 40.5 cm³/mol. The summed E-state index contributed by atoms with van der Waals surface area (Å²) in [7, 11) is 1.80. The standard InChI is InChI=1S/C6H15N3/c1-4-6(8-5-2)9-7-3/h7H,4-5H2,1-3H3,(H,8,9). The van der Waals surface area contributed by atoms with Gasteiger partial charge in [-0.25, -0.2) is 0 Å². The second-order valence-electron chi connectivity index (χ2n) is 1.67. The molecule has 0 aliphatic rings. The van der Waals surface area contributed by atoms with Gasteiger partial charge in [0.25, 0.3) is 0 Å². The lowest BCUT2D eigenvalue weighted by molar-refractivity contribution is 0.844. The number of hydrogen-bond acceptors (Lipinski definition) is 2. The molecule has 0 saturated carbocycles. The highest BCUT2D eigenvalue weighted by Gasteiger charge is 1.88. The van der Waals surface area contributed by atoms with E-state index in [1.165, 1.54) is 0 Å². The van der Waals surface area contributed by atoms with Crippen molar-refractivity contribution in [3.8, 4) is 0 Å². The fourth-order valence-corrected chi connectivity index (χ4v) is 0.583. The minimum Gasteiger partial charge on any atom is -0.372 e. The Kier molecular flexibility index (Phi) is 4.97. The van der Waals surface area contributed by atoms with Crippen LogP contribution < -0.4 is 10.7 Å². The number of rotatable bonds is 3. The highest BCUT2D eigenvalue weighted by Crippen LogP contribution is 1.77. The Labute approximate surface area is 56.5 Å². The summed E-state index contributed by atoms with van der Waals surface area (Å²) in [5.74, 6) is 1.01. The van der Waals surface area contributed by atoms with Crippen molar-refractivity contribution in [2.75, 3.05) is 13.6 Å². The molecule has 2 N–H and O–H groups in total. The normalized spacial score (nSPS) is 11.2. The molecule has 0 rings (SSSR count). The minimum absolute atomic E-state index is 0.939. The van der Waals surface area contributed by atoms with E-state index in [1.54, 1.807) is 7.05 Å². The number of nitrogens with zero attached hydrogens (tertiary/aromatic N) is 1. The van der Waals surface area contributed by atoms with Crippen molar-refractivity contribution < 1.29 is 0 Å². The first-order valence-corrected chi connectivity index (χ1v) is 3.32. The molecule has 0 atom stereocenters. The Morgan fingerprint density at radius 1 is 1.44 bits per heavy atom. The molecule has 3 heteroatoms. The van der Waals surface area contributed by atoms with Crippen molar-refractivity contribution in [3.05, 3.63) is 0 Å². The zero-order valence-corrected chi connectivity index (χ0v) is 6.36. The largest absolute Gasteiger partial charge is 0.372 e. The molecule has 0 fully saturated rings. The molecule has 0 spiro atoms. The molecule has 0 aromatic rings. The summed E-state index contributed by atoms with van der Waals surface area (Å²) in [6.07, 6.45) is 0.953. The van der Waals surface area contributed by atoms with Crippen LogP contribution in [0.3, 0.4) is 0 Å². The molecule has 0 aromatic heterocycles. The highest BCUT2D eigenvalue weighted by molar-refractivity contribution is 5.81. The van der Waals surface area contributed by atoms with Gasteiger partial charge in [0, 0.05) is 20.0 Å². The van der Waals surface area contributed by atoms with Crippen LogP contribution >= 0.6 is 0 Å². The van der Waals surface area contributed by atoms with Gasteiger partial charge in [0.15, 0.2) is 0 Å². The van der Waals surface area contributed by atoms with Crippen LogP contribution in [0.15, 0.2) is 5.10 Å². The third kappa shape index (κ3) is 3.82. The van der Waals surface area contributed by atoms with E-state index in [-0.39, 0.29) is 0 Å². The lowest BCUT2D eigenvalue weighted by atomic mass is 10.4. The quantitative estimate of drug-likeness (QED) is 0.331. The highest BCUT2D eigenvalue weighted by atomic mass is 15.3. The molecule has 0 unspecified atom stereocenters. The van der Waals surface area contributed by atoms with Crippen molar-refractivity contribution in [1.82, 2.24) is 10.7 Å². The molecular weight excluding hydrogens is 114 g/mol. The van der Waals surface area contributed by atoms with E-state index in [0.717, 1.165) is 18.8 Å². The summed E-state index contributed by atoms with van der Waals surface area (Å²) < 4.78 is 0. The zero-order valence-electron chi connectivity index (χ0n) is 6.36. The Morgan fingerprint density at radius 3 is 2.44 bits per heavy atom. The van der Waals surface area contributed by atoms with Crippen LogP contribution in [0.25, 0.3) is 0 Å². The molecule has 3 nitrogen and oxygen atoms in total. The van der Waals surface area contributed by atoms with Gasteiger partial charge < -0.3 is 10.7 Å². The average Bonchev–Trinajstić information content (AvgIpc) is 1.88. The van der Waals surface area contributed by atoms with Crippen LogP contribution in [0.1, 0.15) is 20.3 Å². The molecule has 0 bridgehead atoms. The number of amidine groups is 1. The maximum atomic E-state index is 3.99. The summed E-state index contributed by atoms with van der Waals surface area (Å²) >= 11 is 0. The molecule has 0 aliphatic carbocycles. The first-order valence-electron chi connectivity index (χ1n) is 3.32. The van der Waals surface area contributed by atoms with E-state index < -0.39 is 0 Å². The van der Waals surface area contributed by atoms with E-state index in [0.29, 0.717) is 0 Å². The topological polar surface area (TPSA) is 36.4 Å². The molecule has 0 heterocycles. The fourth-order valence-electron chi connectivity index (χ4n) is 0.583. The van der Waals surface area contributed by atoms with E-state index >= 15 is 0 Å². The molecule has 0 amide bonds. The van der Waals surface area contributed by atoms with Gasteiger partial charge in [-0.1, -0.05) is 6.92 Å². The van der Waals surface area contributed by atoms with Crippen molar-refractivity contribution in [3.63, 3.8) is 0 Å². The van der Waals surface area contributed by atoms with Gasteiger partial charge in [-0.15, -0.1) is 0 Å². The van der Waals surface area contributed by atoms with Crippen molar-refractivity contribution in [2.45, 2.75) is 20.3 Å². The van der Waals surface area contributed by atoms with Crippen LogP contribution in [0.5, 0.6) is 0 Å². The Bertz CT molecular complexity index is 88.3. The van der Waals surface area contributed by atoms with Crippen LogP contribution in [0, 0.1) is 0 Å². The second-order valence-corrected chi connectivity index (χ2v) is 1.67. The first kappa shape index (κ1) is 8.27. The third-order valence-electron chi connectivity index (χ3n) is 0.962. The smallest absolute Gasteiger partial charge is 0.121 e. The second kappa shape index (κ2) is 5.41. The summed E-state index contributed by atoms with van der Waals surface area (Å²) in [4.78, 5) is 0. The maximum absolute atomic E-state index is 3.99. The van der Waals surface area contributed by atoms with E-state index in [9.17, 15) is 0 Å². The molecular formula is C6H15N3. The molecule has 54 valence electrons. The lowest BCUT2D eigenvalue weighted by Crippen LogP contribution is -2.24. The van der Waals surface area contributed by atoms with Gasteiger partial charge in [0.05, 0.1) is 0 Å². The van der Waals surface area contributed by atoms with Gasteiger partial charge in [0.2, 0.25) is 0 Å². The van der Waals surface area contributed by atoms with Crippen molar-refractivity contribution in [1.29, 1.82) is 0 Å². The SMILES string of the molecule is CCN/C(CC)=N\NC. The van der Waals surface area contributed by atoms with Crippen LogP contribution in [0.2, 0.25) is 0 Å². The Morgan fingerprint density at radius 2 is 2.11 bits per heavy atom. The summed E-state index contributed by atoms with van der Waals surface area (Å²) in [5, 5.41) is 7.11. The van der Waals surface area contributed by atoms with E-state index in [2.05, 4.69) is 29.7 Å². The lowest BCUT2D eigenvalue weighted by Gasteiger charge is -2.02.